The monoisotopic (exact) mass is 231 g/mol. The van der Waals surface area contributed by atoms with Crippen molar-refractivity contribution in [2.75, 3.05) is 0 Å². The topological polar surface area (TPSA) is 20.3 Å². The second-order valence-electron chi connectivity index (χ2n) is 5.16. The molecule has 1 aliphatic heterocycles. The van der Waals surface area contributed by atoms with Crippen LogP contribution in [0.5, 0.6) is 0 Å². The first-order valence-electron chi connectivity index (χ1n) is 6.49. The second kappa shape index (κ2) is 4.91. The summed E-state index contributed by atoms with van der Waals surface area (Å²) in [6.45, 7) is 6.32. The van der Waals surface area contributed by atoms with Crippen molar-refractivity contribution >= 4 is 5.91 Å². The summed E-state index contributed by atoms with van der Waals surface area (Å²) in [5.74, 6) is 0.197. The van der Waals surface area contributed by atoms with E-state index in [2.05, 4.69) is 18.7 Å². The molecule has 1 heterocycles. The van der Waals surface area contributed by atoms with E-state index in [1.807, 2.05) is 31.2 Å². The number of likely N-dealkylation sites (tertiary alicyclic amines) is 1. The maximum absolute atomic E-state index is 12.6. The lowest BCUT2D eigenvalue weighted by atomic mass is 9.95. The van der Waals surface area contributed by atoms with E-state index in [0.717, 1.165) is 24.0 Å². The normalized spacial score (nSPS) is 24.8. The number of nitrogens with zero attached hydrogens (tertiary/aromatic N) is 1. The first-order valence-corrected chi connectivity index (χ1v) is 6.49. The van der Waals surface area contributed by atoms with Crippen LogP contribution in [0.1, 0.15) is 49.0 Å². The van der Waals surface area contributed by atoms with Gasteiger partial charge in [0.15, 0.2) is 0 Å². The van der Waals surface area contributed by atoms with Crippen molar-refractivity contribution in [3.63, 3.8) is 0 Å². The van der Waals surface area contributed by atoms with E-state index < -0.39 is 0 Å². The molecule has 2 rings (SSSR count). The summed E-state index contributed by atoms with van der Waals surface area (Å²) < 4.78 is 0. The van der Waals surface area contributed by atoms with Crippen LogP contribution in [-0.4, -0.2) is 22.9 Å². The van der Waals surface area contributed by atoms with E-state index in [4.69, 9.17) is 0 Å². The Balaban J connectivity index is 2.27. The van der Waals surface area contributed by atoms with Gasteiger partial charge in [0.05, 0.1) is 0 Å². The van der Waals surface area contributed by atoms with E-state index in [1.54, 1.807) is 0 Å². The molecule has 1 aliphatic rings. The number of carbonyl (C=O) groups is 1. The maximum atomic E-state index is 12.6. The van der Waals surface area contributed by atoms with Crippen LogP contribution in [0, 0.1) is 6.92 Å². The second-order valence-corrected chi connectivity index (χ2v) is 5.16. The molecule has 0 spiro atoms. The van der Waals surface area contributed by atoms with Crippen molar-refractivity contribution in [1.82, 2.24) is 4.90 Å². The Kier molecular flexibility index (Phi) is 3.51. The molecule has 0 radical (unpaired) electrons. The number of piperidine rings is 1. The predicted octanol–water partition coefficient (Wildman–Crippen LogP) is 3.40. The van der Waals surface area contributed by atoms with Crippen LogP contribution in [0.25, 0.3) is 0 Å². The zero-order valence-electron chi connectivity index (χ0n) is 10.9. The predicted molar refractivity (Wildman–Crippen MR) is 70.1 cm³/mol. The molecule has 2 nitrogen and oxygen atoms in total. The van der Waals surface area contributed by atoms with E-state index in [1.165, 1.54) is 6.42 Å². The molecular weight excluding hydrogens is 210 g/mol. The number of carbonyl (C=O) groups excluding carboxylic acids is 1. The third-order valence-electron chi connectivity index (χ3n) is 3.80. The fourth-order valence-corrected chi connectivity index (χ4v) is 2.77. The molecule has 1 aromatic rings. The van der Waals surface area contributed by atoms with Gasteiger partial charge in [0.25, 0.3) is 5.91 Å². The van der Waals surface area contributed by atoms with Gasteiger partial charge in [-0.1, -0.05) is 18.2 Å². The molecule has 2 atom stereocenters. The Labute approximate surface area is 104 Å². The highest BCUT2D eigenvalue weighted by Crippen LogP contribution is 2.25. The van der Waals surface area contributed by atoms with Crippen molar-refractivity contribution < 1.29 is 4.79 Å². The molecule has 0 saturated carbocycles. The van der Waals surface area contributed by atoms with Gasteiger partial charge in [-0.05, 0) is 51.7 Å². The number of rotatable bonds is 1. The van der Waals surface area contributed by atoms with E-state index in [9.17, 15) is 4.79 Å². The zero-order valence-corrected chi connectivity index (χ0v) is 10.9. The summed E-state index contributed by atoms with van der Waals surface area (Å²) in [5, 5.41) is 0. The lowest BCUT2D eigenvalue weighted by Crippen LogP contribution is -2.47. The van der Waals surface area contributed by atoms with Crippen LogP contribution < -0.4 is 0 Å². The Hall–Kier alpha value is -1.31. The molecule has 17 heavy (non-hydrogen) atoms. The Morgan fingerprint density at radius 1 is 1.18 bits per heavy atom. The molecule has 1 amide bonds. The van der Waals surface area contributed by atoms with Gasteiger partial charge < -0.3 is 4.90 Å². The molecule has 1 aromatic carbocycles. The summed E-state index contributed by atoms with van der Waals surface area (Å²) in [5.41, 5.74) is 1.93. The van der Waals surface area contributed by atoms with Gasteiger partial charge in [-0.25, -0.2) is 0 Å². The van der Waals surface area contributed by atoms with Gasteiger partial charge in [0.2, 0.25) is 0 Å². The van der Waals surface area contributed by atoms with Crippen LogP contribution in [0.3, 0.4) is 0 Å². The van der Waals surface area contributed by atoms with Gasteiger partial charge in [-0.2, -0.15) is 0 Å². The van der Waals surface area contributed by atoms with Crippen LogP contribution in [0.2, 0.25) is 0 Å². The number of amides is 1. The number of aryl methyl sites for hydroxylation is 1. The van der Waals surface area contributed by atoms with Crippen LogP contribution in [0.4, 0.5) is 0 Å². The quantitative estimate of drug-likeness (QED) is 0.725. The molecule has 2 heteroatoms. The summed E-state index contributed by atoms with van der Waals surface area (Å²) in [6.07, 6.45) is 3.49. The fraction of sp³-hybridized carbons (Fsp3) is 0.533. The third kappa shape index (κ3) is 2.36. The van der Waals surface area contributed by atoms with Crippen LogP contribution >= 0.6 is 0 Å². The zero-order chi connectivity index (χ0) is 12.4. The van der Waals surface area contributed by atoms with Crippen molar-refractivity contribution in [1.29, 1.82) is 0 Å². The summed E-state index contributed by atoms with van der Waals surface area (Å²) in [7, 11) is 0. The van der Waals surface area contributed by atoms with Crippen LogP contribution in [-0.2, 0) is 0 Å². The highest BCUT2D eigenvalue weighted by Gasteiger charge is 2.29. The van der Waals surface area contributed by atoms with Crippen molar-refractivity contribution in [3.8, 4) is 0 Å². The molecule has 92 valence electrons. The average molecular weight is 231 g/mol. The van der Waals surface area contributed by atoms with Gasteiger partial charge in [0, 0.05) is 17.6 Å². The van der Waals surface area contributed by atoms with Gasteiger partial charge >= 0.3 is 0 Å². The van der Waals surface area contributed by atoms with Crippen molar-refractivity contribution in [2.45, 2.75) is 52.1 Å². The highest BCUT2D eigenvalue weighted by molar-refractivity contribution is 5.96. The Morgan fingerprint density at radius 3 is 2.35 bits per heavy atom. The standard InChI is InChI=1S/C15H21NO/c1-11-7-4-5-10-14(11)15(17)16-12(2)8-6-9-13(16)3/h4-5,7,10,12-13H,6,8-9H2,1-3H3. The molecule has 1 fully saturated rings. The lowest BCUT2D eigenvalue weighted by molar-refractivity contribution is 0.0510. The van der Waals surface area contributed by atoms with Crippen molar-refractivity contribution in [2.24, 2.45) is 0 Å². The molecule has 0 aliphatic carbocycles. The van der Waals surface area contributed by atoms with E-state index in [0.29, 0.717) is 12.1 Å². The number of benzene rings is 1. The number of hydrogen-bond donors (Lipinski definition) is 0. The molecule has 0 aromatic heterocycles. The third-order valence-corrected chi connectivity index (χ3v) is 3.80. The summed E-state index contributed by atoms with van der Waals surface area (Å²) in [4.78, 5) is 14.6. The Morgan fingerprint density at radius 2 is 1.76 bits per heavy atom. The minimum atomic E-state index is 0.197. The smallest absolute Gasteiger partial charge is 0.254 e. The summed E-state index contributed by atoms with van der Waals surface area (Å²) >= 11 is 0. The fourth-order valence-electron chi connectivity index (χ4n) is 2.77. The summed E-state index contributed by atoms with van der Waals surface area (Å²) in [6, 6.07) is 8.60. The largest absolute Gasteiger partial charge is 0.333 e. The van der Waals surface area contributed by atoms with Gasteiger partial charge in [-0.3, -0.25) is 4.79 Å². The highest BCUT2D eigenvalue weighted by atomic mass is 16.2. The SMILES string of the molecule is Cc1ccccc1C(=O)N1C(C)CCCC1C. The van der Waals surface area contributed by atoms with Crippen LogP contribution in [0.15, 0.2) is 24.3 Å². The molecule has 1 saturated heterocycles. The lowest BCUT2D eigenvalue weighted by Gasteiger charge is -2.39. The van der Waals surface area contributed by atoms with Crippen molar-refractivity contribution in [3.05, 3.63) is 35.4 Å². The first-order chi connectivity index (χ1) is 8.11. The first kappa shape index (κ1) is 12.2. The number of hydrogen-bond acceptors (Lipinski definition) is 1. The average Bonchev–Trinajstić information content (AvgIpc) is 2.29. The van der Waals surface area contributed by atoms with Gasteiger partial charge in [0.1, 0.15) is 0 Å². The van der Waals surface area contributed by atoms with Gasteiger partial charge in [-0.15, -0.1) is 0 Å². The molecule has 0 N–H and O–H groups in total. The molecular formula is C15H21NO. The Bertz CT molecular complexity index is 403. The van der Waals surface area contributed by atoms with E-state index >= 15 is 0 Å². The molecule has 2 unspecified atom stereocenters. The minimum absolute atomic E-state index is 0.197. The molecule has 0 bridgehead atoms. The van der Waals surface area contributed by atoms with E-state index in [-0.39, 0.29) is 5.91 Å². The maximum Gasteiger partial charge on any atom is 0.254 e. The minimum Gasteiger partial charge on any atom is -0.333 e.